The van der Waals surface area contributed by atoms with Gasteiger partial charge in [-0.25, -0.2) is 13.1 Å². The molecule has 1 aliphatic heterocycles. The first-order valence-corrected chi connectivity index (χ1v) is 11.0. The molecule has 2 amide bonds. The molecule has 1 atom stereocenters. The van der Waals surface area contributed by atoms with Crippen molar-refractivity contribution in [1.82, 2.24) is 10.0 Å². The van der Waals surface area contributed by atoms with Gasteiger partial charge in [0.15, 0.2) is 0 Å². The van der Waals surface area contributed by atoms with Crippen LogP contribution in [-0.4, -0.2) is 32.8 Å². The van der Waals surface area contributed by atoms with E-state index in [2.05, 4.69) is 10.0 Å². The summed E-state index contributed by atoms with van der Waals surface area (Å²) in [5, 5.41) is 2.77. The van der Waals surface area contributed by atoms with Crippen LogP contribution in [-0.2, 0) is 32.6 Å². The second-order valence-corrected chi connectivity index (χ2v) is 8.91. The van der Waals surface area contributed by atoms with Crippen LogP contribution in [0.25, 0.3) is 0 Å². The summed E-state index contributed by atoms with van der Waals surface area (Å²) in [6.45, 7) is 3.85. The summed E-state index contributed by atoms with van der Waals surface area (Å²) < 4.78 is 27.6. The number of amides is 2. The van der Waals surface area contributed by atoms with Gasteiger partial charge in [0.2, 0.25) is 21.8 Å². The molecular weight excluding hydrogens is 390 g/mol. The Morgan fingerprint density at radius 1 is 1.14 bits per heavy atom. The minimum absolute atomic E-state index is 0.00160. The van der Waals surface area contributed by atoms with Crippen LogP contribution < -0.4 is 14.9 Å². The van der Waals surface area contributed by atoms with Gasteiger partial charge in [0.05, 0.1) is 4.90 Å². The van der Waals surface area contributed by atoms with Crippen molar-refractivity contribution in [2.24, 2.45) is 0 Å². The molecule has 0 saturated heterocycles. The molecule has 0 saturated carbocycles. The maximum absolute atomic E-state index is 12.6. The van der Waals surface area contributed by atoms with E-state index >= 15 is 0 Å². The topological polar surface area (TPSA) is 95.6 Å². The van der Waals surface area contributed by atoms with Crippen molar-refractivity contribution >= 4 is 27.5 Å². The average Bonchev–Trinajstić information content (AvgIpc) is 3.02. The van der Waals surface area contributed by atoms with Crippen LogP contribution in [0.2, 0.25) is 0 Å². The van der Waals surface area contributed by atoms with Crippen molar-refractivity contribution in [2.45, 2.75) is 44.2 Å². The number of nitrogens with zero attached hydrogens (tertiary/aromatic N) is 1. The number of sulfonamides is 1. The van der Waals surface area contributed by atoms with Gasteiger partial charge < -0.3 is 10.2 Å². The van der Waals surface area contributed by atoms with Crippen molar-refractivity contribution < 1.29 is 18.0 Å². The van der Waals surface area contributed by atoms with Crippen LogP contribution in [0.15, 0.2) is 53.4 Å². The maximum atomic E-state index is 12.6. The van der Waals surface area contributed by atoms with Gasteiger partial charge >= 0.3 is 0 Å². The Bertz CT molecular complexity index is 1010. The molecule has 1 aliphatic rings. The van der Waals surface area contributed by atoms with Gasteiger partial charge in [-0.1, -0.05) is 30.3 Å². The van der Waals surface area contributed by atoms with Gasteiger partial charge in [0, 0.05) is 38.2 Å². The summed E-state index contributed by atoms with van der Waals surface area (Å²) in [6, 6.07) is 14.3. The van der Waals surface area contributed by atoms with Crippen LogP contribution >= 0.6 is 0 Å². The van der Waals surface area contributed by atoms with E-state index in [1.165, 1.54) is 13.0 Å². The van der Waals surface area contributed by atoms with Gasteiger partial charge in [-0.3, -0.25) is 9.59 Å². The quantitative estimate of drug-likeness (QED) is 0.723. The molecule has 0 spiro atoms. The van der Waals surface area contributed by atoms with Gasteiger partial charge in [0.25, 0.3) is 0 Å². The second-order valence-electron chi connectivity index (χ2n) is 7.14. The van der Waals surface area contributed by atoms with Crippen LogP contribution in [0.4, 0.5) is 5.69 Å². The summed E-state index contributed by atoms with van der Waals surface area (Å²) >= 11 is 0. The fourth-order valence-electron chi connectivity index (χ4n) is 3.52. The zero-order valence-corrected chi connectivity index (χ0v) is 17.3. The molecule has 2 aromatic carbocycles. The Hall–Kier alpha value is -2.71. The Labute approximate surface area is 171 Å². The molecule has 7 nitrogen and oxygen atoms in total. The number of anilines is 1. The van der Waals surface area contributed by atoms with E-state index in [1.807, 2.05) is 37.3 Å². The molecule has 0 unspecified atom stereocenters. The van der Waals surface area contributed by atoms with Crippen molar-refractivity contribution in [3.05, 3.63) is 59.7 Å². The maximum Gasteiger partial charge on any atom is 0.240 e. The number of fused-ring (bicyclic) bond motifs is 1. The van der Waals surface area contributed by atoms with Gasteiger partial charge in [-0.15, -0.1) is 0 Å². The smallest absolute Gasteiger partial charge is 0.240 e. The first kappa shape index (κ1) is 21.0. The van der Waals surface area contributed by atoms with Crippen molar-refractivity contribution in [2.75, 3.05) is 11.4 Å². The molecule has 2 aromatic rings. The molecule has 0 fully saturated rings. The van der Waals surface area contributed by atoms with E-state index in [0.717, 1.165) is 16.8 Å². The predicted molar refractivity (Wildman–Crippen MR) is 111 cm³/mol. The van der Waals surface area contributed by atoms with E-state index in [4.69, 9.17) is 0 Å². The van der Waals surface area contributed by atoms with E-state index in [9.17, 15) is 18.0 Å². The third kappa shape index (κ3) is 5.02. The Morgan fingerprint density at radius 2 is 1.86 bits per heavy atom. The Morgan fingerprint density at radius 3 is 2.55 bits per heavy atom. The number of rotatable bonds is 7. The van der Waals surface area contributed by atoms with Gasteiger partial charge in [-0.2, -0.15) is 0 Å². The summed E-state index contributed by atoms with van der Waals surface area (Å²) in [7, 11) is -3.73. The molecule has 2 N–H and O–H groups in total. The highest BCUT2D eigenvalue weighted by atomic mass is 32.2. The zero-order valence-electron chi connectivity index (χ0n) is 16.5. The third-order valence-electron chi connectivity index (χ3n) is 4.89. The number of carbonyl (C=O) groups is 2. The molecule has 1 heterocycles. The van der Waals surface area contributed by atoms with Crippen LogP contribution in [0.1, 0.15) is 31.4 Å². The predicted octanol–water partition coefficient (Wildman–Crippen LogP) is 1.97. The minimum Gasteiger partial charge on any atom is -0.352 e. The van der Waals surface area contributed by atoms with Crippen molar-refractivity contribution in [3.8, 4) is 0 Å². The SMILES string of the molecule is CC(=O)N1c2ccc(S(=O)(=O)NCCC(=O)NCc3ccccc3)cc2C[C@@H]1C. The molecular formula is C21H25N3O4S. The fourth-order valence-corrected chi connectivity index (χ4v) is 4.60. The molecule has 0 radical (unpaired) electrons. The summed E-state index contributed by atoms with van der Waals surface area (Å²) in [5.74, 6) is -0.289. The fraction of sp³-hybridized carbons (Fsp3) is 0.333. The lowest BCUT2D eigenvalue weighted by atomic mass is 10.1. The molecule has 8 heteroatoms. The van der Waals surface area contributed by atoms with E-state index in [-0.39, 0.29) is 35.7 Å². The van der Waals surface area contributed by atoms with Crippen LogP contribution in [0.3, 0.4) is 0 Å². The first-order chi connectivity index (χ1) is 13.8. The largest absolute Gasteiger partial charge is 0.352 e. The van der Waals surface area contributed by atoms with Crippen molar-refractivity contribution in [1.29, 1.82) is 0 Å². The molecule has 0 bridgehead atoms. The highest BCUT2D eigenvalue weighted by Crippen LogP contribution is 2.33. The molecule has 0 aromatic heterocycles. The minimum atomic E-state index is -3.73. The molecule has 154 valence electrons. The number of hydrogen-bond donors (Lipinski definition) is 2. The Kier molecular flexibility index (Phi) is 6.34. The number of hydrogen-bond acceptors (Lipinski definition) is 4. The standard InChI is InChI=1S/C21H25N3O4S/c1-15-12-18-13-19(8-9-20(18)24(15)16(2)25)29(27,28)23-11-10-21(26)22-14-17-6-4-3-5-7-17/h3-9,13,15,23H,10-12,14H2,1-2H3,(H,22,26)/t15-/m0/s1. The van der Waals surface area contributed by atoms with Crippen molar-refractivity contribution in [3.63, 3.8) is 0 Å². The summed E-state index contributed by atoms with van der Waals surface area (Å²) in [5.41, 5.74) is 2.56. The normalized spacial score (nSPS) is 15.8. The number of carbonyl (C=O) groups excluding carboxylic acids is 2. The lowest BCUT2D eigenvalue weighted by Gasteiger charge is -2.20. The van der Waals surface area contributed by atoms with Crippen LogP contribution in [0.5, 0.6) is 0 Å². The lowest BCUT2D eigenvalue weighted by molar-refractivity contribution is -0.121. The molecule has 29 heavy (non-hydrogen) atoms. The number of benzene rings is 2. The van der Waals surface area contributed by atoms with E-state index < -0.39 is 10.0 Å². The summed E-state index contributed by atoms with van der Waals surface area (Å²) in [6.07, 6.45) is 0.659. The average molecular weight is 416 g/mol. The first-order valence-electron chi connectivity index (χ1n) is 9.51. The highest BCUT2D eigenvalue weighted by Gasteiger charge is 2.30. The lowest BCUT2D eigenvalue weighted by Crippen LogP contribution is -2.33. The Balaban J connectivity index is 1.56. The van der Waals surface area contributed by atoms with Gasteiger partial charge in [-0.05, 0) is 42.7 Å². The second kappa shape index (κ2) is 8.75. The van der Waals surface area contributed by atoms with Crippen LogP contribution in [0, 0.1) is 0 Å². The third-order valence-corrected chi connectivity index (χ3v) is 6.35. The number of nitrogens with one attached hydrogen (secondary N) is 2. The summed E-state index contributed by atoms with van der Waals surface area (Å²) in [4.78, 5) is 25.6. The zero-order chi connectivity index (χ0) is 21.0. The van der Waals surface area contributed by atoms with E-state index in [1.54, 1.807) is 17.0 Å². The molecule has 0 aliphatic carbocycles. The molecule has 3 rings (SSSR count). The highest BCUT2D eigenvalue weighted by molar-refractivity contribution is 7.89. The van der Waals surface area contributed by atoms with Gasteiger partial charge in [0.1, 0.15) is 0 Å². The monoisotopic (exact) mass is 415 g/mol. The van der Waals surface area contributed by atoms with E-state index in [0.29, 0.717) is 13.0 Å².